The van der Waals surface area contributed by atoms with Gasteiger partial charge in [-0.15, -0.1) is 0 Å². The summed E-state index contributed by atoms with van der Waals surface area (Å²) in [6.45, 7) is 0.591. The highest BCUT2D eigenvalue weighted by molar-refractivity contribution is 6.06. The lowest BCUT2D eigenvalue weighted by Gasteiger charge is -2.36. The van der Waals surface area contributed by atoms with Crippen molar-refractivity contribution < 1.29 is 33.8 Å². The fourth-order valence-corrected chi connectivity index (χ4v) is 7.76. The van der Waals surface area contributed by atoms with Gasteiger partial charge in [0, 0.05) is 31.8 Å². The third-order valence-corrected chi connectivity index (χ3v) is 10.2. The van der Waals surface area contributed by atoms with Crippen molar-refractivity contribution in [1.29, 1.82) is 0 Å². The number of ether oxygens (including phenoxy) is 2. The van der Waals surface area contributed by atoms with Crippen molar-refractivity contribution >= 4 is 40.2 Å². The Kier molecular flexibility index (Phi) is 9.33. The van der Waals surface area contributed by atoms with E-state index in [1.807, 2.05) is 84.9 Å². The number of rotatable bonds is 7. The molecule has 2 fully saturated rings. The number of hydrogen-bond donors (Lipinski definition) is 2. The smallest absolute Gasteiger partial charge is 0.313 e. The van der Waals surface area contributed by atoms with Gasteiger partial charge in [-0.1, -0.05) is 85.0 Å². The highest BCUT2D eigenvalue weighted by Gasteiger charge is 2.73. The summed E-state index contributed by atoms with van der Waals surface area (Å²) < 4.78 is 12.7. The number of carbonyl (C=O) groups is 4. The van der Waals surface area contributed by atoms with E-state index in [2.05, 4.69) is 5.32 Å². The lowest BCUT2D eigenvalue weighted by atomic mass is 9.74. The number of amides is 3. The maximum Gasteiger partial charge on any atom is 0.313 e. The fraction of sp³-hybridized carbons (Fsp3) is 0.385. The van der Waals surface area contributed by atoms with Crippen LogP contribution in [0, 0.1) is 11.8 Å². The maximum atomic E-state index is 15.0. The SMILES string of the molecule is O=C1CC/C=C\CN(c2ccc3ccccc3c2)C(=O)[C@@H]2N(CCCCCO)C(=O)[C@H]3[C@H](C(=O)O[C@H](c4ccccc4)CN1)[C@@H]1C=C[C@]23O1. The number of aliphatic hydroxyl groups excluding tert-OH is 1. The van der Waals surface area contributed by atoms with Gasteiger partial charge in [-0.05, 0) is 54.2 Å². The summed E-state index contributed by atoms with van der Waals surface area (Å²) >= 11 is 0. The topological polar surface area (TPSA) is 125 Å². The summed E-state index contributed by atoms with van der Waals surface area (Å²) in [5.41, 5.74) is 0.0169. The molecule has 3 aromatic carbocycles. The summed E-state index contributed by atoms with van der Waals surface area (Å²) in [6.07, 6.45) is 8.31. The Morgan fingerprint density at radius 3 is 2.49 bits per heavy atom. The Morgan fingerprint density at radius 2 is 1.67 bits per heavy atom. The Labute approximate surface area is 285 Å². The molecule has 3 aromatic rings. The predicted octanol–water partition coefficient (Wildman–Crippen LogP) is 4.24. The van der Waals surface area contributed by atoms with Crippen LogP contribution >= 0.6 is 0 Å². The van der Waals surface area contributed by atoms with Gasteiger partial charge in [-0.3, -0.25) is 19.2 Å². The zero-order valence-corrected chi connectivity index (χ0v) is 27.3. The number of benzene rings is 3. The minimum absolute atomic E-state index is 0.0371. The van der Waals surface area contributed by atoms with Gasteiger partial charge in [-0.2, -0.15) is 0 Å². The lowest BCUT2D eigenvalue weighted by molar-refractivity contribution is -0.159. The van der Waals surface area contributed by atoms with E-state index >= 15 is 4.79 Å². The molecule has 0 saturated carbocycles. The molecule has 2 saturated heterocycles. The van der Waals surface area contributed by atoms with Crippen molar-refractivity contribution in [2.45, 2.75) is 56.0 Å². The highest BCUT2D eigenvalue weighted by atomic mass is 16.6. The molecule has 10 heteroatoms. The molecule has 10 nitrogen and oxygen atoms in total. The molecule has 0 aliphatic carbocycles. The monoisotopic (exact) mass is 663 g/mol. The first-order chi connectivity index (χ1) is 23.9. The zero-order chi connectivity index (χ0) is 34.0. The third-order valence-electron chi connectivity index (χ3n) is 10.2. The maximum absolute atomic E-state index is 15.0. The molecule has 0 aromatic heterocycles. The number of cyclic esters (lactones) is 1. The second-order valence-electron chi connectivity index (χ2n) is 13.1. The average Bonchev–Trinajstić information content (AvgIpc) is 3.77. The van der Waals surface area contributed by atoms with E-state index in [-0.39, 0.29) is 50.4 Å². The minimum atomic E-state index is -1.36. The van der Waals surface area contributed by atoms with Gasteiger partial charge >= 0.3 is 5.97 Å². The van der Waals surface area contributed by atoms with E-state index in [0.29, 0.717) is 36.9 Å². The number of aliphatic hydroxyl groups is 1. The molecule has 3 amide bonds. The molecule has 0 unspecified atom stereocenters. The van der Waals surface area contributed by atoms with Crippen LogP contribution in [0.3, 0.4) is 0 Å². The van der Waals surface area contributed by atoms with Crippen LogP contribution in [0.1, 0.15) is 43.8 Å². The second kappa shape index (κ2) is 14.0. The number of likely N-dealkylation sites (tertiary alicyclic amines) is 1. The van der Waals surface area contributed by atoms with Crippen LogP contribution in [0.4, 0.5) is 5.69 Å². The predicted molar refractivity (Wildman–Crippen MR) is 183 cm³/mol. The number of nitrogens with zero attached hydrogens (tertiary/aromatic N) is 2. The van der Waals surface area contributed by atoms with Crippen LogP contribution < -0.4 is 10.2 Å². The zero-order valence-electron chi connectivity index (χ0n) is 27.3. The first-order valence-electron chi connectivity index (χ1n) is 17.2. The second-order valence-corrected chi connectivity index (χ2v) is 13.1. The van der Waals surface area contributed by atoms with Gasteiger partial charge in [-0.25, -0.2) is 0 Å². The Hall–Kier alpha value is -4.80. The number of anilines is 1. The lowest BCUT2D eigenvalue weighted by Crippen LogP contribution is -2.56. The molecule has 4 aliphatic heterocycles. The Bertz CT molecular complexity index is 1790. The van der Waals surface area contributed by atoms with Crippen molar-refractivity contribution in [3.8, 4) is 0 Å². The number of fused-ring (bicyclic) bond motifs is 3. The summed E-state index contributed by atoms with van der Waals surface area (Å²) in [7, 11) is 0. The highest BCUT2D eigenvalue weighted by Crippen LogP contribution is 2.56. The molecular weight excluding hydrogens is 622 g/mol. The van der Waals surface area contributed by atoms with Crippen LogP contribution in [0.5, 0.6) is 0 Å². The van der Waals surface area contributed by atoms with E-state index in [1.54, 1.807) is 22.0 Å². The number of nitrogens with one attached hydrogen (secondary N) is 1. The average molecular weight is 664 g/mol. The standard InChI is InChI=1S/C39H41N3O7/c43-23-11-3-10-22-42-35-37(46)41(29-18-17-26-12-7-8-15-28(26)24-29)21-9-2-6-16-32(44)40-25-31(27-13-4-1-5-14-27)48-38(47)33-30-19-20-39(35,49-30)34(33)36(42)45/h1-2,4-5,7-9,12-15,17-20,24,30-31,33-35,43H,3,6,10-11,16,21-23,25H2,(H,40,44)/b9-2-/t30-,31-,33+,34+,35-,39+/m0/s1. The van der Waals surface area contributed by atoms with Gasteiger partial charge in [0.15, 0.2) is 0 Å². The van der Waals surface area contributed by atoms with Gasteiger partial charge in [0.05, 0.1) is 18.6 Å². The quantitative estimate of drug-likeness (QED) is 0.220. The summed E-state index contributed by atoms with van der Waals surface area (Å²) in [4.78, 5) is 59.8. The molecule has 2 N–H and O–H groups in total. The Balaban J connectivity index is 1.30. The van der Waals surface area contributed by atoms with E-state index in [0.717, 1.165) is 10.8 Å². The molecule has 4 heterocycles. The van der Waals surface area contributed by atoms with Crippen LogP contribution in [0.25, 0.3) is 10.8 Å². The number of allylic oxidation sites excluding steroid dienone is 1. The largest absolute Gasteiger partial charge is 0.455 e. The molecule has 1 spiro atoms. The van der Waals surface area contributed by atoms with Crippen LogP contribution in [0.2, 0.25) is 0 Å². The van der Waals surface area contributed by atoms with Gasteiger partial charge in [0.1, 0.15) is 23.7 Å². The number of carbonyl (C=O) groups excluding carboxylic acids is 4. The van der Waals surface area contributed by atoms with E-state index < -0.39 is 41.7 Å². The summed E-state index contributed by atoms with van der Waals surface area (Å²) in [5, 5.41) is 14.3. The first kappa shape index (κ1) is 32.7. The van der Waals surface area contributed by atoms with E-state index in [1.165, 1.54) is 0 Å². The Morgan fingerprint density at radius 1 is 0.878 bits per heavy atom. The van der Waals surface area contributed by atoms with Gasteiger partial charge < -0.3 is 29.7 Å². The molecular formula is C39H41N3O7. The van der Waals surface area contributed by atoms with Crippen LogP contribution in [-0.4, -0.2) is 77.7 Å². The third kappa shape index (κ3) is 6.15. The van der Waals surface area contributed by atoms with E-state index in [9.17, 15) is 19.5 Å². The van der Waals surface area contributed by atoms with E-state index in [4.69, 9.17) is 9.47 Å². The minimum Gasteiger partial charge on any atom is -0.455 e. The van der Waals surface area contributed by atoms with Crippen molar-refractivity contribution in [3.63, 3.8) is 0 Å². The van der Waals surface area contributed by atoms with Gasteiger partial charge in [0.2, 0.25) is 11.8 Å². The molecule has 6 atom stereocenters. The van der Waals surface area contributed by atoms with Crippen molar-refractivity contribution in [2.24, 2.45) is 11.8 Å². The molecule has 49 heavy (non-hydrogen) atoms. The first-order valence-corrected chi connectivity index (χ1v) is 17.2. The normalized spacial score (nSPS) is 29.3. The van der Waals surface area contributed by atoms with Crippen LogP contribution in [-0.2, 0) is 28.7 Å². The molecule has 4 aliphatic rings. The van der Waals surface area contributed by atoms with Crippen molar-refractivity contribution in [1.82, 2.24) is 10.2 Å². The number of hydrogen-bond acceptors (Lipinski definition) is 7. The molecule has 7 rings (SSSR count). The van der Waals surface area contributed by atoms with Gasteiger partial charge in [0.25, 0.3) is 5.91 Å². The molecule has 0 radical (unpaired) electrons. The summed E-state index contributed by atoms with van der Waals surface area (Å²) in [5.74, 6) is -3.37. The van der Waals surface area contributed by atoms with Crippen molar-refractivity contribution in [2.75, 3.05) is 31.1 Å². The number of esters is 1. The summed E-state index contributed by atoms with van der Waals surface area (Å²) in [6, 6.07) is 21.9. The van der Waals surface area contributed by atoms with Crippen LogP contribution in [0.15, 0.2) is 97.1 Å². The molecule has 5 bridgehead atoms. The number of unbranched alkanes of at least 4 members (excludes halogenated alkanes) is 2. The molecule has 254 valence electrons. The fourth-order valence-electron chi connectivity index (χ4n) is 7.76. The van der Waals surface area contributed by atoms with Crippen molar-refractivity contribution in [3.05, 3.63) is 103 Å².